The normalized spacial score (nSPS) is 10.6. The Hall–Kier alpha value is -2.50. The lowest BCUT2D eigenvalue weighted by Gasteiger charge is -2.15. The summed E-state index contributed by atoms with van der Waals surface area (Å²) in [7, 11) is 4.51. The number of pyridine rings is 1. The van der Waals surface area contributed by atoms with Crippen LogP contribution < -0.4 is 15.0 Å². The van der Waals surface area contributed by atoms with Gasteiger partial charge in [0.1, 0.15) is 17.1 Å². The van der Waals surface area contributed by atoms with Gasteiger partial charge in [-0.25, -0.2) is 4.79 Å². The van der Waals surface area contributed by atoms with Crippen LogP contribution in [0.25, 0.3) is 10.9 Å². The fourth-order valence-corrected chi connectivity index (χ4v) is 2.30. The molecule has 1 N–H and O–H groups in total. The van der Waals surface area contributed by atoms with Crippen molar-refractivity contribution in [1.29, 1.82) is 0 Å². The summed E-state index contributed by atoms with van der Waals surface area (Å²) < 4.78 is 11.7. The van der Waals surface area contributed by atoms with E-state index in [9.17, 15) is 14.7 Å². The van der Waals surface area contributed by atoms with Crippen LogP contribution in [-0.4, -0.2) is 29.9 Å². The minimum Gasteiger partial charge on any atom is -0.497 e. The zero-order chi connectivity index (χ0) is 15.0. The fraction of sp³-hybridized carbons (Fsp3) is 0.286. The lowest BCUT2D eigenvalue weighted by Crippen LogP contribution is -2.26. The first-order chi connectivity index (χ1) is 9.42. The van der Waals surface area contributed by atoms with Gasteiger partial charge in [-0.15, -0.1) is 0 Å². The molecule has 6 heteroatoms. The molecule has 0 unspecified atom stereocenters. The van der Waals surface area contributed by atoms with Crippen LogP contribution in [0.5, 0.6) is 11.5 Å². The molecule has 2 rings (SSSR count). The average molecular weight is 277 g/mol. The molecule has 0 bridgehead atoms. The third-order valence-electron chi connectivity index (χ3n) is 3.35. The zero-order valence-corrected chi connectivity index (χ0v) is 11.7. The van der Waals surface area contributed by atoms with Gasteiger partial charge in [-0.3, -0.25) is 4.79 Å². The molecule has 20 heavy (non-hydrogen) atoms. The van der Waals surface area contributed by atoms with E-state index in [1.54, 1.807) is 19.1 Å². The highest BCUT2D eigenvalue weighted by molar-refractivity contribution is 5.98. The maximum atomic E-state index is 12.2. The number of nitrogens with zero attached hydrogens (tertiary/aromatic N) is 1. The number of carbonyl (C=O) groups is 1. The first-order valence-electron chi connectivity index (χ1n) is 5.91. The van der Waals surface area contributed by atoms with Crippen molar-refractivity contribution in [2.45, 2.75) is 6.92 Å². The predicted octanol–water partition coefficient (Wildman–Crippen LogP) is 1.56. The van der Waals surface area contributed by atoms with Crippen molar-refractivity contribution < 1.29 is 19.4 Å². The summed E-state index contributed by atoms with van der Waals surface area (Å²) in [6, 6.07) is 3.35. The molecule has 1 aromatic carbocycles. The van der Waals surface area contributed by atoms with Gasteiger partial charge in [-0.1, -0.05) is 0 Å². The highest BCUT2D eigenvalue weighted by Gasteiger charge is 2.20. The molecule has 0 spiro atoms. The van der Waals surface area contributed by atoms with Gasteiger partial charge in [0.05, 0.1) is 19.7 Å². The molecular weight excluding hydrogens is 262 g/mol. The van der Waals surface area contributed by atoms with Gasteiger partial charge in [0, 0.05) is 18.5 Å². The van der Waals surface area contributed by atoms with E-state index < -0.39 is 11.5 Å². The number of aryl methyl sites for hydroxylation is 2. The van der Waals surface area contributed by atoms with Crippen molar-refractivity contribution in [3.8, 4) is 11.5 Å². The number of hydrogen-bond donors (Lipinski definition) is 1. The molecule has 2 aromatic rings. The topological polar surface area (TPSA) is 77.8 Å². The van der Waals surface area contributed by atoms with E-state index in [0.717, 1.165) is 0 Å². The standard InChI is InChI=1S/C14H15NO5/c1-7-9-5-8(19-3)6-10(20-4)12(9)15(2)13(16)11(7)14(17)18/h5-6H,1-4H3,(H,17,18). The molecule has 0 aliphatic heterocycles. The molecule has 0 amide bonds. The van der Waals surface area contributed by atoms with E-state index in [4.69, 9.17) is 9.47 Å². The summed E-state index contributed by atoms with van der Waals surface area (Å²) in [6.07, 6.45) is 0. The van der Waals surface area contributed by atoms with Crippen molar-refractivity contribution in [1.82, 2.24) is 4.57 Å². The second kappa shape index (κ2) is 4.88. The molecule has 0 fully saturated rings. The van der Waals surface area contributed by atoms with Crippen LogP contribution in [0.2, 0.25) is 0 Å². The Kier molecular flexibility index (Phi) is 3.40. The van der Waals surface area contributed by atoms with E-state index in [0.29, 0.717) is 28.0 Å². The van der Waals surface area contributed by atoms with Crippen LogP contribution in [0, 0.1) is 6.92 Å². The molecule has 0 atom stereocenters. The van der Waals surface area contributed by atoms with Gasteiger partial charge >= 0.3 is 5.97 Å². The monoisotopic (exact) mass is 277 g/mol. The fourth-order valence-electron chi connectivity index (χ4n) is 2.30. The number of benzene rings is 1. The van der Waals surface area contributed by atoms with Crippen LogP contribution in [-0.2, 0) is 7.05 Å². The second-order valence-corrected chi connectivity index (χ2v) is 4.40. The van der Waals surface area contributed by atoms with E-state index in [-0.39, 0.29) is 5.56 Å². The summed E-state index contributed by atoms with van der Waals surface area (Å²) in [5, 5.41) is 9.82. The number of carboxylic acids is 1. The molecule has 0 saturated heterocycles. The van der Waals surface area contributed by atoms with Crippen LogP contribution in [0.15, 0.2) is 16.9 Å². The first-order valence-corrected chi connectivity index (χ1v) is 5.91. The highest BCUT2D eigenvalue weighted by Crippen LogP contribution is 2.32. The van der Waals surface area contributed by atoms with Gasteiger partial charge in [0.2, 0.25) is 0 Å². The third-order valence-corrected chi connectivity index (χ3v) is 3.35. The maximum absolute atomic E-state index is 12.2. The Balaban J connectivity index is 3.07. The molecule has 0 aliphatic carbocycles. The molecule has 106 valence electrons. The number of fused-ring (bicyclic) bond motifs is 1. The summed E-state index contributed by atoms with van der Waals surface area (Å²) in [6.45, 7) is 1.60. The van der Waals surface area contributed by atoms with E-state index >= 15 is 0 Å². The summed E-state index contributed by atoms with van der Waals surface area (Å²) in [4.78, 5) is 23.4. The number of hydrogen-bond acceptors (Lipinski definition) is 4. The molecule has 6 nitrogen and oxygen atoms in total. The van der Waals surface area contributed by atoms with Crippen molar-refractivity contribution in [2.24, 2.45) is 7.05 Å². The van der Waals surface area contributed by atoms with Crippen LogP contribution in [0.3, 0.4) is 0 Å². The highest BCUT2D eigenvalue weighted by atomic mass is 16.5. The van der Waals surface area contributed by atoms with Crippen LogP contribution in [0.1, 0.15) is 15.9 Å². The van der Waals surface area contributed by atoms with Crippen molar-refractivity contribution >= 4 is 16.9 Å². The van der Waals surface area contributed by atoms with Crippen LogP contribution in [0.4, 0.5) is 0 Å². The number of rotatable bonds is 3. The predicted molar refractivity (Wildman–Crippen MR) is 74.0 cm³/mol. The molecule has 0 radical (unpaired) electrons. The smallest absolute Gasteiger partial charge is 0.341 e. The molecule has 0 aliphatic rings. The molecule has 1 heterocycles. The minimum absolute atomic E-state index is 0.240. The summed E-state index contributed by atoms with van der Waals surface area (Å²) >= 11 is 0. The van der Waals surface area contributed by atoms with Gasteiger partial charge in [0.15, 0.2) is 0 Å². The van der Waals surface area contributed by atoms with Gasteiger partial charge in [-0.05, 0) is 18.6 Å². The second-order valence-electron chi connectivity index (χ2n) is 4.40. The Morgan fingerprint density at radius 3 is 2.40 bits per heavy atom. The van der Waals surface area contributed by atoms with Crippen LogP contribution >= 0.6 is 0 Å². The number of carboxylic acid groups (broad SMARTS) is 1. The van der Waals surface area contributed by atoms with Gasteiger partial charge in [-0.2, -0.15) is 0 Å². The quantitative estimate of drug-likeness (QED) is 0.921. The average Bonchev–Trinajstić information content (AvgIpc) is 2.43. The zero-order valence-electron chi connectivity index (χ0n) is 11.7. The minimum atomic E-state index is -1.24. The van der Waals surface area contributed by atoms with E-state index in [1.807, 2.05) is 0 Å². The van der Waals surface area contributed by atoms with E-state index in [1.165, 1.54) is 25.8 Å². The van der Waals surface area contributed by atoms with Crippen molar-refractivity contribution in [3.63, 3.8) is 0 Å². The van der Waals surface area contributed by atoms with Crippen molar-refractivity contribution in [3.05, 3.63) is 33.6 Å². The van der Waals surface area contributed by atoms with Gasteiger partial charge < -0.3 is 19.1 Å². The Bertz CT molecular complexity index is 760. The number of methoxy groups -OCH3 is 2. The molecule has 1 aromatic heterocycles. The molecular formula is C14H15NO5. The first kappa shape index (κ1) is 13.9. The number of aromatic nitrogens is 1. The summed E-state index contributed by atoms with van der Waals surface area (Å²) in [5.74, 6) is -0.252. The van der Waals surface area contributed by atoms with Crippen molar-refractivity contribution in [2.75, 3.05) is 14.2 Å². The molecule has 0 saturated carbocycles. The lowest BCUT2D eigenvalue weighted by molar-refractivity contribution is 0.0694. The number of ether oxygens (including phenoxy) is 2. The van der Waals surface area contributed by atoms with E-state index in [2.05, 4.69) is 0 Å². The van der Waals surface area contributed by atoms with Gasteiger partial charge in [0.25, 0.3) is 5.56 Å². The SMILES string of the molecule is COc1cc(OC)c2c(c1)c(C)c(C(=O)O)c(=O)n2C. The lowest BCUT2D eigenvalue weighted by atomic mass is 10.0. The third kappa shape index (κ3) is 1.89. The largest absolute Gasteiger partial charge is 0.497 e. The Labute approximate surface area is 115 Å². The maximum Gasteiger partial charge on any atom is 0.341 e. The Morgan fingerprint density at radius 1 is 1.25 bits per heavy atom. The Morgan fingerprint density at radius 2 is 1.90 bits per heavy atom. The number of aromatic carboxylic acids is 1. The summed E-state index contributed by atoms with van der Waals surface area (Å²) in [5.41, 5.74) is 0.134.